The molecule has 1 heterocycles. The van der Waals surface area contributed by atoms with E-state index in [1.807, 2.05) is 30.3 Å². The second kappa shape index (κ2) is 6.29. The molecule has 0 amide bonds. The van der Waals surface area contributed by atoms with Gasteiger partial charge in [-0.3, -0.25) is 8.98 Å². The molecule has 1 aromatic carbocycles. The average Bonchev–Trinajstić information content (AvgIpc) is 2.48. The van der Waals surface area contributed by atoms with Gasteiger partial charge in [-0.1, -0.05) is 43.5 Å². The van der Waals surface area contributed by atoms with Crippen molar-refractivity contribution in [1.82, 2.24) is 4.57 Å². The molecule has 2 rings (SSSR count). The molecule has 0 aliphatic carbocycles. The van der Waals surface area contributed by atoms with Gasteiger partial charge in [0.15, 0.2) is 4.90 Å². The number of hydrogen-bond acceptors (Lipinski definition) is 4. The summed E-state index contributed by atoms with van der Waals surface area (Å²) in [7, 11) is -4.10. The Hall–Kier alpha value is -2.18. The maximum atomic E-state index is 12.5. The van der Waals surface area contributed by atoms with E-state index in [0.29, 0.717) is 10.6 Å². The smallest absolute Gasteiger partial charge is 0.302 e. The third-order valence-electron chi connectivity index (χ3n) is 3.18. The van der Waals surface area contributed by atoms with Gasteiger partial charge < -0.3 is 4.57 Å². The van der Waals surface area contributed by atoms with E-state index in [0.717, 1.165) is 5.56 Å². The minimum absolute atomic E-state index is 0.0426. The Kier molecular flexibility index (Phi) is 4.63. The van der Waals surface area contributed by atoms with Gasteiger partial charge in [0, 0.05) is 5.35 Å². The van der Waals surface area contributed by atoms with Crippen LogP contribution in [0.1, 0.15) is 12.5 Å². The number of rotatable bonds is 5. The van der Waals surface area contributed by atoms with Crippen LogP contribution in [-0.4, -0.2) is 19.6 Å². The molecule has 5 nitrogen and oxygen atoms in total. The van der Waals surface area contributed by atoms with E-state index in [9.17, 15) is 13.2 Å². The second-order valence-electron chi connectivity index (χ2n) is 4.72. The highest BCUT2D eigenvalue weighted by Gasteiger charge is 2.20. The molecule has 0 N–H and O–H groups in total. The maximum Gasteiger partial charge on any atom is 0.302 e. The van der Waals surface area contributed by atoms with Crippen LogP contribution in [0.15, 0.2) is 46.1 Å². The quantitative estimate of drug-likeness (QED) is 0.750. The van der Waals surface area contributed by atoms with Gasteiger partial charge in [-0.15, -0.1) is 0 Å². The monoisotopic (exact) mass is 319 g/mol. The van der Waals surface area contributed by atoms with E-state index < -0.39 is 20.6 Å². The third kappa shape index (κ3) is 3.18. The van der Waals surface area contributed by atoms with Crippen molar-refractivity contribution in [1.29, 1.82) is 0 Å². The molecule has 116 valence electrons. The lowest BCUT2D eigenvalue weighted by Gasteiger charge is -2.10. The zero-order valence-electron chi connectivity index (χ0n) is 12.3. The first kappa shape index (κ1) is 16.2. The molecule has 0 saturated carbocycles. The Labute approximate surface area is 128 Å². The van der Waals surface area contributed by atoms with E-state index in [2.05, 4.69) is 13.2 Å². The van der Waals surface area contributed by atoms with E-state index in [1.165, 1.54) is 10.6 Å². The summed E-state index contributed by atoms with van der Waals surface area (Å²) in [5, 5.41) is 0.748. The van der Waals surface area contributed by atoms with Gasteiger partial charge in [0.1, 0.15) is 0 Å². The normalized spacial score (nSPS) is 11.5. The second-order valence-corrected chi connectivity index (χ2v) is 6.30. The topological polar surface area (TPSA) is 65.4 Å². The van der Waals surface area contributed by atoms with Crippen molar-refractivity contribution in [3.63, 3.8) is 0 Å². The first-order valence-corrected chi connectivity index (χ1v) is 8.12. The summed E-state index contributed by atoms with van der Waals surface area (Å²) in [6, 6.07) is 10.4. The fourth-order valence-corrected chi connectivity index (χ4v) is 3.11. The number of nitrogens with zero attached hydrogens (tertiary/aromatic N) is 1. The Morgan fingerprint density at radius 1 is 1.18 bits per heavy atom. The standard InChI is InChI=1S/C16H17NO4S/c1-4-21-22(19,20)15-10-12(2)13(3)17(16(15)18)11-14-8-6-5-7-9-14/h5-10H,2-4,11H2,1H3. The molecule has 6 heteroatoms. The summed E-state index contributed by atoms with van der Waals surface area (Å²) in [6.45, 7) is 9.29. The van der Waals surface area contributed by atoms with Crippen molar-refractivity contribution in [3.8, 4) is 0 Å². The molecular formula is C16H17NO4S. The predicted octanol–water partition coefficient (Wildman–Crippen LogP) is 0.442. The van der Waals surface area contributed by atoms with Crippen LogP contribution in [0.3, 0.4) is 0 Å². The molecule has 0 unspecified atom stereocenters. The first-order chi connectivity index (χ1) is 10.4. The highest BCUT2D eigenvalue weighted by molar-refractivity contribution is 7.86. The van der Waals surface area contributed by atoms with Gasteiger partial charge in [0.2, 0.25) is 0 Å². The largest absolute Gasteiger partial charge is 0.303 e. The lowest BCUT2D eigenvalue weighted by atomic mass is 10.2. The molecule has 1 aromatic heterocycles. The van der Waals surface area contributed by atoms with Crippen LogP contribution in [0.5, 0.6) is 0 Å². The summed E-state index contributed by atoms with van der Waals surface area (Å²) in [6.07, 6.45) is 0. The van der Waals surface area contributed by atoms with Crippen LogP contribution < -0.4 is 16.1 Å². The van der Waals surface area contributed by atoms with Crippen LogP contribution in [0.2, 0.25) is 0 Å². The SMILES string of the molecule is C=c1cc(S(=O)(=O)OCC)c(=O)n(Cc2ccccc2)c1=C. The Bertz CT molecular complexity index is 931. The molecule has 0 spiro atoms. The highest BCUT2D eigenvalue weighted by atomic mass is 32.2. The van der Waals surface area contributed by atoms with Gasteiger partial charge in [-0.25, -0.2) is 0 Å². The molecule has 2 aromatic rings. The van der Waals surface area contributed by atoms with Gasteiger partial charge in [0.25, 0.3) is 5.56 Å². The number of benzene rings is 1. The molecule has 0 aliphatic heterocycles. The Balaban J connectivity index is 2.66. The molecule has 0 atom stereocenters. The Morgan fingerprint density at radius 3 is 2.41 bits per heavy atom. The van der Waals surface area contributed by atoms with Crippen LogP contribution in [0.25, 0.3) is 13.2 Å². The van der Waals surface area contributed by atoms with Gasteiger partial charge in [0.05, 0.1) is 13.2 Å². The molecule has 0 aliphatic rings. The van der Waals surface area contributed by atoms with Gasteiger partial charge >= 0.3 is 10.1 Å². The molecule has 0 saturated heterocycles. The van der Waals surface area contributed by atoms with Crippen LogP contribution in [0, 0.1) is 0 Å². The zero-order valence-corrected chi connectivity index (χ0v) is 13.1. The van der Waals surface area contributed by atoms with Crippen molar-refractivity contribution in [2.24, 2.45) is 0 Å². The van der Waals surface area contributed by atoms with E-state index in [1.54, 1.807) is 6.92 Å². The zero-order chi connectivity index (χ0) is 16.3. The molecule has 22 heavy (non-hydrogen) atoms. The average molecular weight is 319 g/mol. The first-order valence-electron chi connectivity index (χ1n) is 6.72. The summed E-state index contributed by atoms with van der Waals surface area (Å²) in [4.78, 5) is 12.1. The van der Waals surface area contributed by atoms with Crippen LogP contribution in [-0.2, 0) is 20.8 Å². The summed E-state index contributed by atoms with van der Waals surface area (Å²) in [5.41, 5.74) is 0.203. The molecular weight excluding hydrogens is 302 g/mol. The van der Waals surface area contributed by atoms with Crippen LogP contribution >= 0.6 is 0 Å². The van der Waals surface area contributed by atoms with E-state index >= 15 is 0 Å². The predicted molar refractivity (Wildman–Crippen MR) is 85.4 cm³/mol. The van der Waals surface area contributed by atoms with E-state index in [-0.39, 0.29) is 13.2 Å². The number of pyridine rings is 1. The lowest BCUT2D eigenvalue weighted by molar-refractivity contribution is 0.337. The fourth-order valence-electron chi connectivity index (χ4n) is 2.06. The molecule has 0 radical (unpaired) electrons. The van der Waals surface area contributed by atoms with Crippen molar-refractivity contribution < 1.29 is 12.6 Å². The van der Waals surface area contributed by atoms with Crippen molar-refractivity contribution in [2.75, 3.05) is 6.61 Å². The van der Waals surface area contributed by atoms with Gasteiger partial charge in [-0.2, -0.15) is 8.42 Å². The minimum Gasteiger partial charge on any atom is -0.303 e. The third-order valence-corrected chi connectivity index (χ3v) is 4.56. The fraction of sp³-hybridized carbons (Fsp3) is 0.188. The van der Waals surface area contributed by atoms with Crippen molar-refractivity contribution >= 4 is 23.3 Å². The maximum absolute atomic E-state index is 12.5. The minimum atomic E-state index is -4.10. The highest BCUT2D eigenvalue weighted by Crippen LogP contribution is 2.05. The number of aromatic nitrogens is 1. The summed E-state index contributed by atoms with van der Waals surface area (Å²) >= 11 is 0. The molecule has 0 bridgehead atoms. The number of hydrogen-bond donors (Lipinski definition) is 0. The van der Waals surface area contributed by atoms with Gasteiger partial charge in [-0.05, 0) is 23.8 Å². The van der Waals surface area contributed by atoms with Crippen molar-refractivity contribution in [2.45, 2.75) is 18.4 Å². The lowest BCUT2D eigenvalue weighted by Crippen LogP contribution is -2.44. The van der Waals surface area contributed by atoms with Crippen LogP contribution in [0.4, 0.5) is 0 Å². The Morgan fingerprint density at radius 2 is 1.82 bits per heavy atom. The summed E-state index contributed by atoms with van der Waals surface area (Å²) in [5.74, 6) is 0. The van der Waals surface area contributed by atoms with E-state index in [4.69, 9.17) is 4.18 Å². The molecule has 0 fully saturated rings. The van der Waals surface area contributed by atoms with Crippen molar-refractivity contribution in [3.05, 3.63) is 62.9 Å². The summed E-state index contributed by atoms with van der Waals surface area (Å²) < 4.78 is 30.1.